The molecule has 1 aliphatic carbocycles. The van der Waals surface area contributed by atoms with Gasteiger partial charge in [0.25, 0.3) is 0 Å². The van der Waals surface area contributed by atoms with Gasteiger partial charge in [-0.3, -0.25) is 9.36 Å². The molecule has 142 valence electrons. The van der Waals surface area contributed by atoms with Crippen LogP contribution in [0.25, 0.3) is 5.70 Å². The largest absolute Gasteiger partial charge is 0.455 e. The minimum atomic E-state index is -1.67. The molecule has 1 fully saturated rings. The number of nitrogens with zero attached hydrogens (tertiary/aromatic N) is 2. The number of ether oxygens (including phenoxy) is 2. The molecule has 0 bridgehead atoms. The van der Waals surface area contributed by atoms with Gasteiger partial charge in [-0.05, 0) is 18.1 Å². The number of rotatable bonds is 5. The van der Waals surface area contributed by atoms with E-state index in [4.69, 9.17) is 20.9 Å². The normalized spacial score (nSPS) is 31.2. The number of hydrogen-bond donors (Lipinski definition) is 4. The summed E-state index contributed by atoms with van der Waals surface area (Å²) < 4.78 is 12.1. The Balaban J connectivity index is 1.88. The second-order valence-corrected chi connectivity index (χ2v) is 6.83. The molecule has 2 unspecified atom stereocenters. The molecule has 1 aliphatic heterocycles. The topological polar surface area (TPSA) is 163 Å². The van der Waals surface area contributed by atoms with Gasteiger partial charge in [0.15, 0.2) is 11.7 Å². The Bertz CT molecular complexity index is 806. The van der Waals surface area contributed by atoms with Gasteiger partial charge in [0.1, 0.15) is 24.1 Å². The van der Waals surface area contributed by atoms with Crippen molar-refractivity contribution in [1.82, 2.24) is 9.55 Å². The Morgan fingerprint density at radius 1 is 1.54 bits per heavy atom. The first-order valence-corrected chi connectivity index (χ1v) is 8.22. The summed E-state index contributed by atoms with van der Waals surface area (Å²) in [7, 11) is 0. The fourth-order valence-electron chi connectivity index (χ4n) is 3.08. The molecule has 6 N–H and O–H groups in total. The minimum absolute atomic E-state index is 0.0662. The van der Waals surface area contributed by atoms with Gasteiger partial charge >= 0.3 is 11.7 Å². The van der Waals surface area contributed by atoms with Crippen LogP contribution in [-0.4, -0.2) is 62.3 Å². The average Bonchev–Trinajstić information content (AvgIpc) is 2.77. The van der Waals surface area contributed by atoms with E-state index in [0.717, 1.165) is 0 Å². The van der Waals surface area contributed by atoms with Gasteiger partial charge in [0.2, 0.25) is 0 Å². The van der Waals surface area contributed by atoms with E-state index in [0.29, 0.717) is 5.70 Å². The molecule has 10 heteroatoms. The highest BCUT2D eigenvalue weighted by Crippen LogP contribution is 2.47. The third kappa shape index (κ3) is 2.80. The van der Waals surface area contributed by atoms with Crippen LogP contribution in [0.5, 0.6) is 0 Å². The number of aliphatic hydroxyl groups excluding tert-OH is 1. The summed E-state index contributed by atoms with van der Waals surface area (Å²) in [5.41, 5.74) is 9.27. The predicted octanol–water partition coefficient (Wildman–Crippen LogP) is -1.93. The zero-order chi connectivity index (χ0) is 19.2. The lowest BCUT2D eigenvalue weighted by atomic mass is 9.79. The van der Waals surface area contributed by atoms with Gasteiger partial charge < -0.3 is 31.2 Å². The fourth-order valence-corrected chi connectivity index (χ4v) is 3.08. The van der Waals surface area contributed by atoms with E-state index >= 15 is 0 Å². The van der Waals surface area contributed by atoms with Crippen molar-refractivity contribution in [3.63, 3.8) is 0 Å². The van der Waals surface area contributed by atoms with E-state index in [1.54, 1.807) is 13.8 Å². The lowest BCUT2D eigenvalue weighted by molar-refractivity contribution is -0.163. The van der Waals surface area contributed by atoms with Crippen molar-refractivity contribution in [1.29, 1.82) is 0 Å². The Morgan fingerprint density at radius 3 is 2.81 bits per heavy atom. The first kappa shape index (κ1) is 18.5. The van der Waals surface area contributed by atoms with Crippen LogP contribution in [0.4, 0.5) is 5.82 Å². The number of fused-ring (bicyclic) bond motifs is 1. The summed E-state index contributed by atoms with van der Waals surface area (Å²) >= 11 is 0. The number of aliphatic hydroxyl groups is 2. The summed E-state index contributed by atoms with van der Waals surface area (Å²) in [4.78, 5) is 27.8. The molecule has 0 saturated carbocycles. The van der Waals surface area contributed by atoms with Crippen LogP contribution in [0, 0.1) is 5.92 Å². The lowest BCUT2D eigenvalue weighted by Gasteiger charge is -2.39. The summed E-state index contributed by atoms with van der Waals surface area (Å²) in [5.74, 6) is -0.791. The molecule has 2 heterocycles. The molecule has 2 aliphatic rings. The maximum Gasteiger partial charge on any atom is 0.353 e. The number of anilines is 1. The van der Waals surface area contributed by atoms with Crippen LogP contribution in [-0.2, 0) is 14.3 Å². The first-order valence-electron chi connectivity index (χ1n) is 8.22. The maximum atomic E-state index is 12.2. The van der Waals surface area contributed by atoms with Gasteiger partial charge in [0.05, 0.1) is 12.3 Å². The molecule has 0 spiro atoms. The van der Waals surface area contributed by atoms with E-state index < -0.39 is 48.2 Å². The monoisotopic (exact) mass is 366 g/mol. The lowest BCUT2D eigenvalue weighted by Crippen LogP contribution is -2.57. The molecule has 3 rings (SSSR count). The zero-order valence-corrected chi connectivity index (χ0v) is 14.4. The van der Waals surface area contributed by atoms with Gasteiger partial charge in [-0.2, -0.15) is 4.98 Å². The van der Waals surface area contributed by atoms with Gasteiger partial charge in [-0.25, -0.2) is 4.79 Å². The molecule has 1 saturated heterocycles. The molecule has 0 radical (unpaired) electrons. The zero-order valence-electron chi connectivity index (χ0n) is 14.4. The molecule has 10 nitrogen and oxygen atoms in total. The number of nitrogens with two attached hydrogens (primary N) is 2. The SMILES string of the molecule is CC(C)C(N)C(=O)OC1[C@@H](CO)O[C@H]2C(n3ccc(N)nc3=O)=C[C@]12O. The Hall–Kier alpha value is -2.27. The number of esters is 1. The summed E-state index contributed by atoms with van der Waals surface area (Å²) in [6, 6.07) is 0.557. The van der Waals surface area contributed by atoms with Crippen LogP contribution in [0.15, 0.2) is 23.1 Å². The van der Waals surface area contributed by atoms with Crippen molar-refractivity contribution in [3.8, 4) is 0 Å². The van der Waals surface area contributed by atoms with Crippen LogP contribution in [0.1, 0.15) is 13.8 Å². The van der Waals surface area contributed by atoms with E-state index in [2.05, 4.69) is 4.98 Å². The molecular weight excluding hydrogens is 344 g/mol. The van der Waals surface area contributed by atoms with E-state index in [-0.39, 0.29) is 11.7 Å². The summed E-state index contributed by atoms with van der Waals surface area (Å²) in [5, 5.41) is 20.4. The van der Waals surface area contributed by atoms with Crippen molar-refractivity contribution >= 4 is 17.5 Å². The van der Waals surface area contributed by atoms with Gasteiger partial charge in [-0.15, -0.1) is 0 Å². The molecule has 1 aromatic heterocycles. The van der Waals surface area contributed by atoms with Crippen molar-refractivity contribution in [3.05, 3.63) is 28.8 Å². The minimum Gasteiger partial charge on any atom is -0.455 e. The molecule has 26 heavy (non-hydrogen) atoms. The van der Waals surface area contributed by atoms with Crippen molar-refractivity contribution in [2.45, 2.75) is 43.8 Å². The highest BCUT2D eigenvalue weighted by atomic mass is 16.6. The molecule has 1 aromatic rings. The Labute approximate surface area is 149 Å². The number of carbonyl (C=O) groups excluding carboxylic acids is 1. The van der Waals surface area contributed by atoms with E-state index in [1.165, 1.54) is 22.9 Å². The van der Waals surface area contributed by atoms with Crippen molar-refractivity contribution in [2.24, 2.45) is 11.7 Å². The number of nitrogen functional groups attached to an aromatic ring is 1. The van der Waals surface area contributed by atoms with E-state index in [1.807, 2.05) is 0 Å². The average molecular weight is 366 g/mol. The second kappa shape index (κ2) is 6.47. The number of hydrogen-bond acceptors (Lipinski definition) is 9. The van der Waals surface area contributed by atoms with Gasteiger partial charge in [0, 0.05) is 6.20 Å². The third-order valence-electron chi connectivity index (χ3n) is 4.69. The molecule has 0 amide bonds. The van der Waals surface area contributed by atoms with Crippen LogP contribution in [0.3, 0.4) is 0 Å². The summed E-state index contributed by atoms with van der Waals surface area (Å²) in [6.45, 7) is 3.05. The van der Waals surface area contributed by atoms with Crippen LogP contribution in [0.2, 0.25) is 0 Å². The van der Waals surface area contributed by atoms with Crippen LogP contribution < -0.4 is 17.2 Å². The van der Waals surface area contributed by atoms with Crippen molar-refractivity contribution in [2.75, 3.05) is 12.3 Å². The highest BCUT2D eigenvalue weighted by Gasteiger charge is 2.64. The predicted molar refractivity (Wildman–Crippen MR) is 90.6 cm³/mol. The summed E-state index contributed by atoms with van der Waals surface area (Å²) in [6.07, 6.45) is -0.307. The maximum absolute atomic E-state index is 12.2. The number of carbonyl (C=O) groups is 1. The highest BCUT2D eigenvalue weighted by molar-refractivity contribution is 5.77. The van der Waals surface area contributed by atoms with Gasteiger partial charge in [-0.1, -0.05) is 13.8 Å². The van der Waals surface area contributed by atoms with Crippen LogP contribution >= 0.6 is 0 Å². The Morgan fingerprint density at radius 2 is 2.23 bits per heavy atom. The molecular formula is C16H22N4O6. The third-order valence-corrected chi connectivity index (χ3v) is 4.69. The Kier molecular flexibility index (Phi) is 4.61. The molecule has 0 aromatic carbocycles. The fraction of sp³-hybridized carbons (Fsp3) is 0.562. The van der Waals surface area contributed by atoms with E-state index in [9.17, 15) is 19.8 Å². The quantitative estimate of drug-likeness (QED) is 0.434. The van der Waals surface area contributed by atoms with Crippen molar-refractivity contribution < 1.29 is 24.5 Å². The smallest absolute Gasteiger partial charge is 0.353 e. The second-order valence-electron chi connectivity index (χ2n) is 6.83. The number of aromatic nitrogens is 2. The standard InChI is InChI=1S/C16H22N4O6/c1-7(2)11(18)14(22)26-13-9(6-21)25-12-8(5-16(12,13)24)20-4-3-10(17)19-15(20)23/h3-5,7,9,11-13,21,24H,6,18H2,1-2H3,(H2,17,19,23)/t9-,11?,12+,13?,16-/m1/s1. The first-order chi connectivity index (χ1) is 12.2. The molecule has 5 atom stereocenters.